The Hall–Kier alpha value is -1.72. The Morgan fingerprint density at radius 2 is 1.71 bits per heavy atom. The van der Waals surface area contributed by atoms with Gasteiger partial charge in [0.2, 0.25) is 0 Å². The van der Waals surface area contributed by atoms with E-state index in [0.717, 1.165) is 41.2 Å². The van der Waals surface area contributed by atoms with E-state index in [2.05, 4.69) is 40.0 Å². The van der Waals surface area contributed by atoms with Gasteiger partial charge in [-0.1, -0.05) is 15.9 Å². The van der Waals surface area contributed by atoms with Gasteiger partial charge in [-0.3, -0.25) is 0 Å². The van der Waals surface area contributed by atoms with Crippen LogP contribution in [0.25, 0.3) is 0 Å². The molecule has 1 unspecified atom stereocenters. The highest BCUT2D eigenvalue weighted by molar-refractivity contribution is 9.10. The van der Waals surface area contributed by atoms with Gasteiger partial charge in [0.25, 0.3) is 0 Å². The molecule has 1 heterocycles. The Morgan fingerprint density at radius 1 is 1.04 bits per heavy atom. The van der Waals surface area contributed by atoms with Crippen molar-refractivity contribution in [3.05, 3.63) is 52.0 Å². The number of methoxy groups -OCH3 is 2. The predicted molar refractivity (Wildman–Crippen MR) is 98.3 cm³/mol. The number of halogens is 1. The summed E-state index contributed by atoms with van der Waals surface area (Å²) in [5.74, 6) is 2.37. The van der Waals surface area contributed by atoms with Gasteiger partial charge in [-0.2, -0.15) is 0 Å². The van der Waals surface area contributed by atoms with Crippen LogP contribution in [0.3, 0.4) is 0 Å². The molecule has 4 nitrogen and oxygen atoms in total. The third kappa shape index (κ3) is 3.68. The summed E-state index contributed by atoms with van der Waals surface area (Å²) in [5.41, 5.74) is 2.42. The highest BCUT2D eigenvalue weighted by Crippen LogP contribution is 2.37. The molecule has 128 valence electrons. The topological polar surface area (TPSA) is 30.9 Å². The first-order chi connectivity index (χ1) is 11.6. The van der Waals surface area contributed by atoms with Crippen molar-refractivity contribution < 1.29 is 14.2 Å². The van der Waals surface area contributed by atoms with E-state index < -0.39 is 0 Å². The minimum Gasteiger partial charge on any atom is -0.493 e. The number of hydrogen-bond acceptors (Lipinski definition) is 4. The van der Waals surface area contributed by atoms with Gasteiger partial charge in [0.15, 0.2) is 11.5 Å². The molecule has 0 fully saturated rings. The van der Waals surface area contributed by atoms with Gasteiger partial charge in [0, 0.05) is 23.1 Å². The zero-order valence-corrected chi connectivity index (χ0v) is 15.8. The Labute approximate surface area is 151 Å². The summed E-state index contributed by atoms with van der Waals surface area (Å²) >= 11 is 3.46. The molecule has 0 saturated heterocycles. The molecular formula is C19H22BrNO3. The van der Waals surface area contributed by atoms with E-state index in [4.69, 9.17) is 14.2 Å². The molecule has 1 aliphatic rings. The summed E-state index contributed by atoms with van der Waals surface area (Å²) in [4.78, 5) is 2.29. The van der Waals surface area contributed by atoms with Gasteiger partial charge < -0.3 is 19.1 Å². The molecular weight excluding hydrogens is 370 g/mol. The lowest BCUT2D eigenvalue weighted by atomic mass is 10.00. The fraction of sp³-hybridized carbons (Fsp3) is 0.368. The maximum Gasteiger partial charge on any atom is 0.161 e. The summed E-state index contributed by atoms with van der Waals surface area (Å²) in [6.45, 7) is 1.82. The Kier molecular flexibility index (Phi) is 5.31. The minimum atomic E-state index is -0.0477. The normalized spacial score (nSPS) is 17.8. The Morgan fingerprint density at radius 3 is 2.38 bits per heavy atom. The summed E-state index contributed by atoms with van der Waals surface area (Å²) in [7, 11) is 5.46. The zero-order chi connectivity index (χ0) is 17.1. The van der Waals surface area contributed by atoms with Crippen LogP contribution in [0.4, 0.5) is 0 Å². The number of ether oxygens (including phenoxy) is 3. The molecule has 0 amide bonds. The fourth-order valence-corrected chi connectivity index (χ4v) is 3.28. The fourth-order valence-electron chi connectivity index (χ4n) is 3.02. The molecule has 24 heavy (non-hydrogen) atoms. The second-order valence-corrected chi connectivity index (χ2v) is 6.89. The van der Waals surface area contributed by atoms with Crippen LogP contribution in [-0.4, -0.2) is 39.3 Å². The summed E-state index contributed by atoms with van der Waals surface area (Å²) in [6.07, 6.45) is 0.917. The van der Waals surface area contributed by atoms with E-state index in [9.17, 15) is 0 Å². The maximum absolute atomic E-state index is 6.30. The number of nitrogens with zero attached hydrogens (tertiary/aromatic N) is 1. The molecule has 0 radical (unpaired) electrons. The van der Waals surface area contributed by atoms with Gasteiger partial charge in [-0.25, -0.2) is 0 Å². The van der Waals surface area contributed by atoms with Gasteiger partial charge in [-0.05, 0) is 55.4 Å². The first-order valence-electron chi connectivity index (χ1n) is 7.96. The van der Waals surface area contributed by atoms with Crippen LogP contribution >= 0.6 is 15.9 Å². The molecule has 0 saturated carbocycles. The molecule has 2 aromatic rings. The first kappa shape index (κ1) is 17.1. The zero-order valence-electron chi connectivity index (χ0n) is 14.2. The molecule has 3 rings (SSSR count). The molecule has 0 N–H and O–H groups in total. The van der Waals surface area contributed by atoms with Crippen LogP contribution in [0.5, 0.6) is 17.2 Å². The van der Waals surface area contributed by atoms with Crippen LogP contribution in [0.15, 0.2) is 40.9 Å². The lowest BCUT2D eigenvalue weighted by Crippen LogP contribution is -2.26. The van der Waals surface area contributed by atoms with E-state index in [1.807, 2.05) is 24.3 Å². The first-order valence-corrected chi connectivity index (χ1v) is 8.75. The van der Waals surface area contributed by atoms with Crippen molar-refractivity contribution in [2.45, 2.75) is 12.5 Å². The SMILES string of the molecule is COc1cc2c(cc1OC)C(Oc1ccc(Br)cc1)CN(C)CC2. The number of likely N-dealkylation sites (N-methyl/N-ethyl adjacent to an activating group) is 1. The highest BCUT2D eigenvalue weighted by atomic mass is 79.9. The average molecular weight is 392 g/mol. The number of fused-ring (bicyclic) bond motifs is 1. The number of benzene rings is 2. The number of rotatable bonds is 4. The van der Waals surface area contributed by atoms with Crippen LogP contribution in [0.2, 0.25) is 0 Å². The van der Waals surface area contributed by atoms with Crippen molar-refractivity contribution in [3.63, 3.8) is 0 Å². The van der Waals surface area contributed by atoms with Crippen LogP contribution in [0, 0.1) is 0 Å². The van der Waals surface area contributed by atoms with Gasteiger partial charge in [-0.15, -0.1) is 0 Å². The lowest BCUT2D eigenvalue weighted by Gasteiger charge is -2.23. The van der Waals surface area contributed by atoms with Gasteiger partial charge in [0.1, 0.15) is 11.9 Å². The van der Waals surface area contributed by atoms with Crippen molar-refractivity contribution >= 4 is 15.9 Å². The second-order valence-electron chi connectivity index (χ2n) is 5.98. The third-order valence-electron chi connectivity index (χ3n) is 4.32. The molecule has 1 aliphatic heterocycles. The molecule has 1 atom stereocenters. The van der Waals surface area contributed by atoms with Gasteiger partial charge in [0.05, 0.1) is 14.2 Å². The van der Waals surface area contributed by atoms with E-state index in [1.54, 1.807) is 14.2 Å². The summed E-state index contributed by atoms with van der Waals surface area (Å²) in [5, 5.41) is 0. The van der Waals surface area contributed by atoms with Crippen molar-refractivity contribution in [1.82, 2.24) is 4.90 Å². The standard InChI is InChI=1S/C19H22BrNO3/c1-21-9-8-13-10-17(22-2)18(23-3)11-16(13)19(12-21)24-15-6-4-14(20)5-7-15/h4-7,10-11,19H,8-9,12H2,1-3H3. The van der Waals surface area contributed by atoms with Crippen molar-refractivity contribution in [2.24, 2.45) is 0 Å². The van der Waals surface area contributed by atoms with E-state index in [0.29, 0.717) is 0 Å². The monoisotopic (exact) mass is 391 g/mol. The second kappa shape index (κ2) is 7.45. The molecule has 0 aliphatic carbocycles. The Bertz CT molecular complexity index is 703. The summed E-state index contributed by atoms with van der Waals surface area (Å²) < 4.78 is 18.3. The van der Waals surface area contributed by atoms with Crippen molar-refractivity contribution in [2.75, 3.05) is 34.4 Å². The van der Waals surface area contributed by atoms with Crippen LogP contribution in [-0.2, 0) is 6.42 Å². The van der Waals surface area contributed by atoms with Crippen LogP contribution in [0.1, 0.15) is 17.2 Å². The van der Waals surface area contributed by atoms with E-state index in [-0.39, 0.29) is 6.10 Å². The quantitative estimate of drug-likeness (QED) is 0.785. The lowest BCUT2D eigenvalue weighted by molar-refractivity contribution is 0.156. The molecule has 0 bridgehead atoms. The van der Waals surface area contributed by atoms with Crippen LogP contribution < -0.4 is 14.2 Å². The van der Waals surface area contributed by atoms with E-state index >= 15 is 0 Å². The Balaban J connectivity index is 1.98. The van der Waals surface area contributed by atoms with Crippen molar-refractivity contribution in [3.8, 4) is 17.2 Å². The smallest absolute Gasteiger partial charge is 0.161 e. The van der Waals surface area contributed by atoms with Gasteiger partial charge >= 0.3 is 0 Å². The minimum absolute atomic E-state index is 0.0477. The molecule has 0 spiro atoms. The molecule has 0 aromatic heterocycles. The molecule has 5 heteroatoms. The maximum atomic E-state index is 6.30. The predicted octanol–water partition coefficient (Wildman–Crippen LogP) is 4.07. The molecule has 2 aromatic carbocycles. The average Bonchev–Trinajstić information content (AvgIpc) is 2.74. The summed E-state index contributed by atoms with van der Waals surface area (Å²) in [6, 6.07) is 12.1. The number of hydrogen-bond donors (Lipinski definition) is 0. The largest absolute Gasteiger partial charge is 0.493 e. The highest BCUT2D eigenvalue weighted by Gasteiger charge is 2.25. The van der Waals surface area contributed by atoms with Crippen molar-refractivity contribution in [1.29, 1.82) is 0 Å². The third-order valence-corrected chi connectivity index (χ3v) is 4.85. The van der Waals surface area contributed by atoms with E-state index in [1.165, 1.54) is 11.1 Å².